The molecule has 0 aliphatic heterocycles. The van der Waals surface area contributed by atoms with Gasteiger partial charge in [-0.15, -0.1) is 0 Å². The first-order chi connectivity index (χ1) is 7.67. The zero-order chi connectivity index (χ0) is 12.4. The standard InChI is InChI=1S/C13H23B3/c1-6-9-10-13(15-16-14-8-3)12(7-2)11(4)5/h6-7,9-11,14-16H,1-2,8H2,3-5H3/b10-9-,13-12-. The number of allylic oxidation sites excluding steroid dienone is 6. The van der Waals surface area contributed by atoms with E-state index in [1.54, 1.807) is 0 Å². The van der Waals surface area contributed by atoms with Gasteiger partial charge in [-0.2, -0.15) is 0 Å². The Hall–Kier alpha value is -0.845. The summed E-state index contributed by atoms with van der Waals surface area (Å²) in [4.78, 5) is 0. The summed E-state index contributed by atoms with van der Waals surface area (Å²) >= 11 is 0. The van der Waals surface area contributed by atoms with Gasteiger partial charge in [-0.25, -0.2) is 0 Å². The minimum atomic E-state index is 0.545. The van der Waals surface area contributed by atoms with E-state index in [0.29, 0.717) is 5.92 Å². The van der Waals surface area contributed by atoms with Gasteiger partial charge in [0.15, 0.2) is 0 Å². The summed E-state index contributed by atoms with van der Waals surface area (Å²) in [5.74, 6) is 0.545. The van der Waals surface area contributed by atoms with Crippen LogP contribution in [-0.4, -0.2) is 21.4 Å². The molecule has 0 rings (SSSR count). The van der Waals surface area contributed by atoms with Gasteiger partial charge in [0.2, 0.25) is 0 Å². The van der Waals surface area contributed by atoms with Crippen LogP contribution >= 0.6 is 0 Å². The first kappa shape index (κ1) is 15.2. The molecule has 0 bridgehead atoms. The van der Waals surface area contributed by atoms with E-state index in [1.807, 2.05) is 18.2 Å². The van der Waals surface area contributed by atoms with Crippen LogP contribution < -0.4 is 0 Å². The first-order valence-corrected chi connectivity index (χ1v) is 6.31. The van der Waals surface area contributed by atoms with Crippen molar-refractivity contribution in [2.24, 2.45) is 5.92 Å². The summed E-state index contributed by atoms with van der Waals surface area (Å²) < 4.78 is 0. The van der Waals surface area contributed by atoms with Crippen molar-refractivity contribution >= 4 is 21.4 Å². The summed E-state index contributed by atoms with van der Waals surface area (Å²) in [6.45, 7) is 14.3. The smallest absolute Gasteiger partial charge is 0.0991 e. The average molecular weight is 212 g/mol. The molecule has 0 aromatic carbocycles. The molecule has 3 heteroatoms. The summed E-state index contributed by atoms with van der Waals surface area (Å²) in [7, 11) is 3.71. The molecule has 0 aliphatic rings. The second-order valence-corrected chi connectivity index (χ2v) is 4.39. The monoisotopic (exact) mass is 212 g/mol. The molecule has 16 heavy (non-hydrogen) atoms. The third-order valence-corrected chi connectivity index (χ3v) is 2.70. The van der Waals surface area contributed by atoms with Crippen molar-refractivity contribution < 1.29 is 0 Å². The maximum Gasteiger partial charge on any atom is 0.115 e. The molecule has 0 heterocycles. The second-order valence-electron chi connectivity index (χ2n) is 4.39. The third-order valence-electron chi connectivity index (χ3n) is 2.70. The zero-order valence-electron chi connectivity index (χ0n) is 11.1. The fraction of sp³-hybridized carbons (Fsp3) is 0.385. The highest BCUT2D eigenvalue weighted by Crippen LogP contribution is 2.16. The van der Waals surface area contributed by atoms with Crippen LogP contribution in [0.15, 0.2) is 48.5 Å². The van der Waals surface area contributed by atoms with Crippen molar-refractivity contribution in [1.29, 1.82) is 0 Å². The molecule has 0 saturated heterocycles. The summed E-state index contributed by atoms with van der Waals surface area (Å²) in [6, 6.07) is 0. The molecule has 0 N–H and O–H groups in total. The van der Waals surface area contributed by atoms with E-state index >= 15 is 0 Å². The van der Waals surface area contributed by atoms with Crippen molar-refractivity contribution in [2.75, 3.05) is 0 Å². The zero-order valence-corrected chi connectivity index (χ0v) is 11.1. The highest BCUT2D eigenvalue weighted by molar-refractivity contribution is 7.31. The molecule has 0 amide bonds. The van der Waals surface area contributed by atoms with E-state index in [0.717, 1.165) is 7.17 Å². The lowest BCUT2D eigenvalue weighted by atomic mass is 9.17. The predicted octanol–water partition coefficient (Wildman–Crippen LogP) is 2.40. The number of hydrogen-bond donors (Lipinski definition) is 0. The molecule has 0 nitrogen and oxygen atoms in total. The normalized spacial score (nSPS) is 12.2. The van der Waals surface area contributed by atoms with Crippen LogP contribution in [0.2, 0.25) is 6.32 Å². The molecule has 0 radical (unpaired) electrons. The van der Waals surface area contributed by atoms with E-state index in [9.17, 15) is 0 Å². The van der Waals surface area contributed by atoms with E-state index in [4.69, 9.17) is 0 Å². The summed E-state index contributed by atoms with van der Waals surface area (Å²) in [5.41, 5.74) is 2.78. The molecular formula is C13H23B3. The Morgan fingerprint density at radius 3 is 2.44 bits per heavy atom. The van der Waals surface area contributed by atoms with Crippen LogP contribution in [0.25, 0.3) is 0 Å². The lowest BCUT2D eigenvalue weighted by Gasteiger charge is -2.12. The van der Waals surface area contributed by atoms with E-state index < -0.39 is 0 Å². The van der Waals surface area contributed by atoms with Gasteiger partial charge in [-0.1, -0.05) is 75.6 Å². The Morgan fingerprint density at radius 2 is 2.00 bits per heavy atom. The van der Waals surface area contributed by atoms with Crippen molar-refractivity contribution in [3.05, 3.63) is 48.5 Å². The first-order valence-electron chi connectivity index (χ1n) is 6.31. The van der Waals surface area contributed by atoms with E-state index in [2.05, 4.69) is 40.0 Å². The highest BCUT2D eigenvalue weighted by atomic mass is 14.0. The quantitative estimate of drug-likeness (QED) is 0.329. The topological polar surface area (TPSA) is 0 Å². The van der Waals surface area contributed by atoms with Crippen LogP contribution in [0.5, 0.6) is 0 Å². The molecule has 0 spiro atoms. The van der Waals surface area contributed by atoms with Gasteiger partial charge in [0.05, 0.1) is 14.2 Å². The molecule has 0 aromatic heterocycles. The van der Waals surface area contributed by atoms with Crippen molar-refractivity contribution in [2.45, 2.75) is 27.1 Å². The summed E-state index contributed by atoms with van der Waals surface area (Å²) in [6.07, 6.45) is 9.30. The third kappa shape index (κ3) is 5.90. The number of hydrogen-bond acceptors (Lipinski definition) is 0. The fourth-order valence-corrected chi connectivity index (χ4v) is 1.81. The Kier molecular flexibility index (Phi) is 8.89. The van der Waals surface area contributed by atoms with Crippen molar-refractivity contribution in [1.82, 2.24) is 0 Å². The van der Waals surface area contributed by atoms with Crippen molar-refractivity contribution in [3.8, 4) is 0 Å². The van der Waals surface area contributed by atoms with Crippen LogP contribution in [0.4, 0.5) is 0 Å². The minimum Gasteiger partial charge on any atom is -0.0991 e. The Bertz CT molecular complexity index is 275. The van der Waals surface area contributed by atoms with Gasteiger partial charge in [-0.05, 0) is 5.92 Å². The lowest BCUT2D eigenvalue weighted by Crippen LogP contribution is -2.15. The van der Waals surface area contributed by atoms with Crippen molar-refractivity contribution in [3.63, 3.8) is 0 Å². The molecule has 0 aliphatic carbocycles. The Balaban J connectivity index is 4.80. The molecule has 0 fully saturated rings. The van der Waals surface area contributed by atoms with Gasteiger partial charge in [0, 0.05) is 0 Å². The van der Waals surface area contributed by atoms with Gasteiger partial charge in [-0.3, -0.25) is 0 Å². The Morgan fingerprint density at radius 1 is 1.31 bits per heavy atom. The number of rotatable bonds is 8. The van der Waals surface area contributed by atoms with Gasteiger partial charge in [0.25, 0.3) is 0 Å². The highest BCUT2D eigenvalue weighted by Gasteiger charge is 2.06. The van der Waals surface area contributed by atoms with E-state index in [-0.39, 0.29) is 0 Å². The molecule has 0 saturated carbocycles. The summed E-state index contributed by atoms with van der Waals surface area (Å²) in [5, 5.41) is 0. The van der Waals surface area contributed by atoms with Gasteiger partial charge in [0.1, 0.15) is 7.17 Å². The van der Waals surface area contributed by atoms with E-state index in [1.165, 1.54) is 31.6 Å². The largest absolute Gasteiger partial charge is 0.115 e. The molecule has 84 valence electrons. The fourth-order valence-electron chi connectivity index (χ4n) is 1.81. The minimum absolute atomic E-state index is 0.545. The molecule has 0 atom stereocenters. The Labute approximate surface area is 103 Å². The second kappa shape index (κ2) is 9.39. The maximum absolute atomic E-state index is 3.92. The van der Waals surface area contributed by atoms with Crippen LogP contribution in [0.3, 0.4) is 0 Å². The predicted molar refractivity (Wildman–Crippen MR) is 83.3 cm³/mol. The van der Waals surface area contributed by atoms with Gasteiger partial charge < -0.3 is 0 Å². The van der Waals surface area contributed by atoms with Crippen LogP contribution in [-0.2, 0) is 0 Å². The lowest BCUT2D eigenvalue weighted by molar-refractivity contribution is 0.790. The molecular weight excluding hydrogens is 189 g/mol. The molecule has 0 unspecified atom stereocenters. The molecule has 0 aromatic rings. The average Bonchev–Trinajstić information content (AvgIpc) is 2.25. The van der Waals surface area contributed by atoms with Crippen LogP contribution in [0.1, 0.15) is 20.8 Å². The van der Waals surface area contributed by atoms with Gasteiger partial charge >= 0.3 is 0 Å². The van der Waals surface area contributed by atoms with Crippen LogP contribution in [0, 0.1) is 5.92 Å². The maximum atomic E-state index is 3.92. The SMILES string of the molecule is C=C/C=C\C(BBBCC)=C(/C=C)C(C)C.